The number of rotatable bonds is 6. The molecule has 2 nitrogen and oxygen atoms in total. The third-order valence-corrected chi connectivity index (χ3v) is 2.15. The van der Waals surface area contributed by atoms with Crippen LogP contribution in [-0.2, 0) is 6.54 Å². The Hall–Kier alpha value is -1.54. The van der Waals surface area contributed by atoms with Gasteiger partial charge < -0.3 is 10.5 Å². The predicted molar refractivity (Wildman–Crippen MR) is 79.7 cm³/mol. The molecule has 0 fully saturated rings. The van der Waals surface area contributed by atoms with E-state index in [1.807, 2.05) is 44.2 Å². The fourth-order valence-corrected chi connectivity index (χ4v) is 1.27. The van der Waals surface area contributed by atoms with Gasteiger partial charge in [0.1, 0.15) is 12.4 Å². The Bertz CT molecular complexity index is 369. The molecule has 2 N–H and O–H groups in total. The quantitative estimate of drug-likeness (QED) is 0.769. The van der Waals surface area contributed by atoms with E-state index in [1.54, 1.807) is 0 Å². The minimum Gasteiger partial charge on any atom is -0.489 e. The highest BCUT2D eigenvalue weighted by molar-refractivity contribution is 5.29. The summed E-state index contributed by atoms with van der Waals surface area (Å²) < 4.78 is 5.60. The fraction of sp³-hybridized carbons (Fsp3) is 0.375. The summed E-state index contributed by atoms with van der Waals surface area (Å²) in [7, 11) is 0. The first-order valence-corrected chi connectivity index (χ1v) is 6.52. The van der Waals surface area contributed by atoms with Crippen molar-refractivity contribution in [3.63, 3.8) is 0 Å². The molecule has 2 heteroatoms. The molecule has 0 spiro atoms. The SMILES string of the molecule is C=C(/C=C\CC)COc1cccc(CN)c1.CC. The van der Waals surface area contributed by atoms with Gasteiger partial charge in [-0.1, -0.05) is 51.6 Å². The van der Waals surface area contributed by atoms with Gasteiger partial charge in [0, 0.05) is 6.54 Å². The molecule has 0 atom stereocenters. The summed E-state index contributed by atoms with van der Waals surface area (Å²) in [6.45, 7) is 11.1. The fourth-order valence-electron chi connectivity index (χ4n) is 1.27. The van der Waals surface area contributed by atoms with Gasteiger partial charge in [-0.15, -0.1) is 0 Å². The van der Waals surface area contributed by atoms with Crippen molar-refractivity contribution in [2.45, 2.75) is 33.7 Å². The average Bonchev–Trinajstić information content (AvgIpc) is 2.45. The molecule has 0 aliphatic carbocycles. The molecule has 0 radical (unpaired) electrons. The molecule has 18 heavy (non-hydrogen) atoms. The minimum atomic E-state index is 0.518. The lowest BCUT2D eigenvalue weighted by Crippen LogP contribution is -2.00. The van der Waals surface area contributed by atoms with Gasteiger partial charge in [-0.2, -0.15) is 0 Å². The maximum Gasteiger partial charge on any atom is 0.120 e. The Balaban J connectivity index is 0.00000137. The molecule has 0 amide bonds. The standard InChI is InChI=1S/C14H19NO.C2H6/c1-3-4-6-12(2)11-16-14-8-5-7-13(9-14)10-15;1-2/h4-9H,2-3,10-11,15H2,1H3;1-2H3/b6-4-;. The van der Waals surface area contributed by atoms with Crippen molar-refractivity contribution in [3.8, 4) is 5.75 Å². The van der Waals surface area contributed by atoms with Gasteiger partial charge in [-0.25, -0.2) is 0 Å². The van der Waals surface area contributed by atoms with Crippen LogP contribution in [0.1, 0.15) is 32.8 Å². The van der Waals surface area contributed by atoms with Gasteiger partial charge >= 0.3 is 0 Å². The highest BCUT2D eigenvalue weighted by Gasteiger charge is 1.96. The topological polar surface area (TPSA) is 35.2 Å². The van der Waals surface area contributed by atoms with Crippen LogP contribution in [0.2, 0.25) is 0 Å². The number of benzene rings is 1. The van der Waals surface area contributed by atoms with Crippen molar-refractivity contribution in [1.29, 1.82) is 0 Å². The summed E-state index contributed by atoms with van der Waals surface area (Å²) in [6, 6.07) is 7.81. The van der Waals surface area contributed by atoms with Crippen LogP contribution >= 0.6 is 0 Å². The monoisotopic (exact) mass is 247 g/mol. The van der Waals surface area contributed by atoms with Crippen LogP contribution in [0.3, 0.4) is 0 Å². The van der Waals surface area contributed by atoms with Crippen LogP contribution in [0.4, 0.5) is 0 Å². The zero-order chi connectivity index (χ0) is 13.8. The van der Waals surface area contributed by atoms with Gasteiger partial charge in [0.05, 0.1) is 0 Å². The summed E-state index contributed by atoms with van der Waals surface area (Å²) >= 11 is 0. The van der Waals surface area contributed by atoms with Gasteiger partial charge in [0.25, 0.3) is 0 Å². The number of hydrogen-bond acceptors (Lipinski definition) is 2. The number of nitrogens with two attached hydrogens (primary N) is 1. The second-order valence-electron chi connectivity index (χ2n) is 3.61. The first kappa shape index (κ1) is 16.5. The highest BCUT2D eigenvalue weighted by atomic mass is 16.5. The molecular weight excluding hydrogens is 222 g/mol. The van der Waals surface area contributed by atoms with E-state index in [4.69, 9.17) is 10.5 Å². The van der Waals surface area contributed by atoms with E-state index in [1.165, 1.54) is 0 Å². The van der Waals surface area contributed by atoms with Crippen LogP contribution in [-0.4, -0.2) is 6.61 Å². The van der Waals surface area contributed by atoms with E-state index >= 15 is 0 Å². The zero-order valence-electron chi connectivity index (χ0n) is 11.8. The van der Waals surface area contributed by atoms with Crippen molar-refractivity contribution >= 4 is 0 Å². The van der Waals surface area contributed by atoms with E-state index in [0.29, 0.717) is 13.2 Å². The second kappa shape index (κ2) is 10.6. The average molecular weight is 247 g/mol. The molecule has 0 saturated carbocycles. The molecule has 1 aromatic rings. The van der Waals surface area contributed by atoms with Crippen molar-refractivity contribution in [1.82, 2.24) is 0 Å². The summed E-state index contributed by atoms with van der Waals surface area (Å²) in [6.07, 6.45) is 5.08. The Labute approximate surface area is 111 Å². The van der Waals surface area contributed by atoms with Crippen molar-refractivity contribution in [2.24, 2.45) is 5.73 Å². The largest absolute Gasteiger partial charge is 0.489 e. The van der Waals surface area contributed by atoms with Crippen LogP contribution in [0, 0.1) is 0 Å². The molecule has 0 aliphatic heterocycles. The molecule has 100 valence electrons. The number of ether oxygens (including phenoxy) is 1. The minimum absolute atomic E-state index is 0.518. The number of allylic oxidation sites excluding steroid dienone is 1. The van der Waals surface area contributed by atoms with E-state index in [2.05, 4.69) is 19.6 Å². The third kappa shape index (κ3) is 6.92. The van der Waals surface area contributed by atoms with Crippen LogP contribution < -0.4 is 10.5 Å². The molecular formula is C16H25NO. The smallest absolute Gasteiger partial charge is 0.120 e. The maximum atomic E-state index is 5.60. The Morgan fingerprint density at radius 3 is 2.72 bits per heavy atom. The molecule has 0 aromatic heterocycles. The van der Waals surface area contributed by atoms with Crippen LogP contribution in [0.5, 0.6) is 5.75 Å². The van der Waals surface area contributed by atoms with Gasteiger partial charge in [0.15, 0.2) is 0 Å². The molecule has 1 aromatic carbocycles. The van der Waals surface area contributed by atoms with E-state index in [0.717, 1.165) is 23.3 Å². The van der Waals surface area contributed by atoms with Crippen molar-refractivity contribution < 1.29 is 4.74 Å². The van der Waals surface area contributed by atoms with E-state index in [9.17, 15) is 0 Å². The lowest BCUT2D eigenvalue weighted by molar-refractivity contribution is 0.355. The van der Waals surface area contributed by atoms with E-state index < -0.39 is 0 Å². The van der Waals surface area contributed by atoms with Crippen LogP contribution in [0.15, 0.2) is 48.6 Å². The summed E-state index contributed by atoms with van der Waals surface area (Å²) in [5.74, 6) is 0.842. The van der Waals surface area contributed by atoms with Crippen molar-refractivity contribution in [3.05, 3.63) is 54.1 Å². The lowest BCUT2D eigenvalue weighted by Gasteiger charge is -2.07. The highest BCUT2D eigenvalue weighted by Crippen LogP contribution is 2.13. The second-order valence-corrected chi connectivity index (χ2v) is 3.61. The van der Waals surface area contributed by atoms with Crippen molar-refractivity contribution in [2.75, 3.05) is 6.61 Å². The number of hydrogen-bond donors (Lipinski definition) is 1. The molecule has 0 unspecified atom stereocenters. The third-order valence-electron chi connectivity index (χ3n) is 2.15. The summed E-state index contributed by atoms with van der Waals surface area (Å²) in [5.41, 5.74) is 7.60. The normalized spacial score (nSPS) is 9.78. The Morgan fingerprint density at radius 2 is 2.11 bits per heavy atom. The molecule has 0 saturated heterocycles. The zero-order valence-corrected chi connectivity index (χ0v) is 11.8. The Kier molecular flexibility index (Phi) is 9.70. The molecule has 0 bridgehead atoms. The lowest BCUT2D eigenvalue weighted by atomic mass is 10.2. The van der Waals surface area contributed by atoms with Gasteiger partial charge in [0.2, 0.25) is 0 Å². The predicted octanol–water partition coefficient (Wildman–Crippen LogP) is 4.07. The first-order valence-electron chi connectivity index (χ1n) is 6.52. The van der Waals surface area contributed by atoms with Gasteiger partial charge in [-0.05, 0) is 29.7 Å². The molecule has 0 aliphatic rings. The van der Waals surface area contributed by atoms with E-state index in [-0.39, 0.29) is 0 Å². The summed E-state index contributed by atoms with van der Waals surface area (Å²) in [5, 5.41) is 0. The van der Waals surface area contributed by atoms with Crippen LogP contribution in [0.25, 0.3) is 0 Å². The first-order chi connectivity index (χ1) is 8.76. The van der Waals surface area contributed by atoms with Gasteiger partial charge in [-0.3, -0.25) is 0 Å². The Morgan fingerprint density at radius 1 is 1.39 bits per heavy atom. The maximum absolute atomic E-state index is 5.60. The molecule has 1 rings (SSSR count). The molecule has 0 heterocycles. The summed E-state index contributed by atoms with van der Waals surface area (Å²) in [4.78, 5) is 0.